The SMILES string of the molecule is O=[N+]([O-])c1ccccc1Nc1nc(Nc2ccccc2[N+](=O)[O-])c2ccccc2n1. The minimum atomic E-state index is -0.504. The molecule has 0 atom stereocenters. The van der Waals surface area contributed by atoms with Crippen molar-refractivity contribution in [2.45, 2.75) is 0 Å². The average molecular weight is 402 g/mol. The van der Waals surface area contributed by atoms with Crippen molar-refractivity contribution in [1.82, 2.24) is 9.97 Å². The number of fused-ring (bicyclic) bond motifs is 1. The van der Waals surface area contributed by atoms with E-state index in [1.807, 2.05) is 0 Å². The number of para-hydroxylation sites is 5. The molecule has 1 aromatic heterocycles. The maximum absolute atomic E-state index is 11.3. The number of anilines is 4. The number of benzene rings is 3. The van der Waals surface area contributed by atoms with Crippen LogP contribution in [0.25, 0.3) is 10.9 Å². The molecule has 3 aromatic carbocycles. The predicted octanol–water partition coefficient (Wildman–Crippen LogP) is 4.93. The molecule has 1 heterocycles. The highest BCUT2D eigenvalue weighted by Gasteiger charge is 2.17. The van der Waals surface area contributed by atoms with E-state index in [9.17, 15) is 20.2 Å². The van der Waals surface area contributed by atoms with Gasteiger partial charge in [0.1, 0.15) is 17.2 Å². The van der Waals surface area contributed by atoms with Crippen LogP contribution in [0.5, 0.6) is 0 Å². The van der Waals surface area contributed by atoms with Crippen molar-refractivity contribution in [3.63, 3.8) is 0 Å². The molecule has 0 unspecified atom stereocenters. The Morgan fingerprint density at radius 2 is 1.20 bits per heavy atom. The lowest BCUT2D eigenvalue weighted by Crippen LogP contribution is -2.04. The Morgan fingerprint density at radius 1 is 0.667 bits per heavy atom. The van der Waals surface area contributed by atoms with E-state index in [2.05, 4.69) is 20.6 Å². The first kappa shape index (κ1) is 18.7. The van der Waals surface area contributed by atoms with Gasteiger partial charge >= 0.3 is 0 Å². The highest BCUT2D eigenvalue weighted by molar-refractivity contribution is 5.92. The zero-order valence-electron chi connectivity index (χ0n) is 15.4. The topological polar surface area (TPSA) is 136 Å². The molecular formula is C20H14N6O4. The van der Waals surface area contributed by atoms with Gasteiger partial charge in [0.15, 0.2) is 0 Å². The number of nitrogens with one attached hydrogen (secondary N) is 2. The first-order valence-electron chi connectivity index (χ1n) is 8.80. The molecule has 0 fully saturated rings. The summed E-state index contributed by atoms with van der Waals surface area (Å²) in [6, 6.07) is 19.5. The van der Waals surface area contributed by atoms with Crippen molar-refractivity contribution >= 4 is 45.4 Å². The van der Waals surface area contributed by atoms with Crippen molar-refractivity contribution in [1.29, 1.82) is 0 Å². The summed E-state index contributed by atoms with van der Waals surface area (Å²) >= 11 is 0. The van der Waals surface area contributed by atoms with Crippen LogP contribution in [0.3, 0.4) is 0 Å². The summed E-state index contributed by atoms with van der Waals surface area (Å²) in [5.41, 5.74) is 0.836. The van der Waals surface area contributed by atoms with Crippen LogP contribution in [-0.2, 0) is 0 Å². The van der Waals surface area contributed by atoms with Crippen LogP contribution >= 0.6 is 0 Å². The van der Waals surface area contributed by atoms with Crippen LogP contribution in [0.1, 0.15) is 0 Å². The summed E-state index contributed by atoms with van der Waals surface area (Å²) in [5, 5.41) is 29.1. The molecule has 0 saturated heterocycles. The van der Waals surface area contributed by atoms with Gasteiger partial charge in [-0.15, -0.1) is 0 Å². The van der Waals surface area contributed by atoms with E-state index in [0.717, 1.165) is 0 Å². The second-order valence-electron chi connectivity index (χ2n) is 6.21. The molecule has 4 aromatic rings. The summed E-state index contributed by atoms with van der Waals surface area (Å²) in [6.07, 6.45) is 0. The quantitative estimate of drug-likeness (QED) is 0.342. The van der Waals surface area contributed by atoms with E-state index < -0.39 is 9.85 Å². The first-order chi connectivity index (χ1) is 14.5. The number of nitrogens with zero attached hydrogens (tertiary/aromatic N) is 4. The summed E-state index contributed by atoms with van der Waals surface area (Å²) in [7, 11) is 0. The number of aromatic nitrogens is 2. The Kier molecular flexibility index (Phi) is 4.87. The van der Waals surface area contributed by atoms with E-state index in [1.54, 1.807) is 60.7 Å². The molecule has 0 aliphatic heterocycles. The maximum Gasteiger partial charge on any atom is 0.292 e. The zero-order chi connectivity index (χ0) is 21.1. The Hall–Kier alpha value is -4.60. The van der Waals surface area contributed by atoms with Crippen molar-refractivity contribution < 1.29 is 9.85 Å². The molecule has 10 heteroatoms. The summed E-state index contributed by atoms with van der Waals surface area (Å²) in [6.45, 7) is 0. The Morgan fingerprint density at radius 3 is 1.83 bits per heavy atom. The molecule has 0 radical (unpaired) electrons. The normalized spacial score (nSPS) is 10.5. The molecule has 0 saturated carbocycles. The number of nitro benzene ring substituents is 2. The number of hydrogen-bond acceptors (Lipinski definition) is 8. The fourth-order valence-electron chi connectivity index (χ4n) is 2.95. The molecule has 4 rings (SSSR count). The van der Waals surface area contributed by atoms with Gasteiger partial charge in [-0.1, -0.05) is 36.4 Å². The van der Waals surface area contributed by atoms with Crippen molar-refractivity contribution in [3.05, 3.63) is 93.0 Å². The molecule has 2 N–H and O–H groups in total. The molecule has 0 aliphatic carbocycles. The fourth-order valence-corrected chi connectivity index (χ4v) is 2.95. The van der Waals surface area contributed by atoms with Gasteiger partial charge in [-0.2, -0.15) is 4.98 Å². The van der Waals surface area contributed by atoms with Crippen LogP contribution in [0, 0.1) is 20.2 Å². The molecule has 0 bridgehead atoms. The van der Waals surface area contributed by atoms with Crippen molar-refractivity contribution in [2.75, 3.05) is 10.6 Å². The van der Waals surface area contributed by atoms with E-state index in [4.69, 9.17) is 0 Å². The lowest BCUT2D eigenvalue weighted by atomic mass is 10.2. The number of rotatable bonds is 6. The lowest BCUT2D eigenvalue weighted by molar-refractivity contribution is -0.384. The lowest BCUT2D eigenvalue weighted by Gasteiger charge is -2.12. The first-order valence-corrected chi connectivity index (χ1v) is 8.80. The minimum Gasteiger partial charge on any atom is -0.334 e. The summed E-state index contributed by atoms with van der Waals surface area (Å²) in [4.78, 5) is 30.5. The molecule has 0 amide bonds. The van der Waals surface area contributed by atoms with E-state index in [1.165, 1.54) is 12.1 Å². The smallest absolute Gasteiger partial charge is 0.292 e. The highest BCUT2D eigenvalue weighted by atomic mass is 16.6. The van der Waals surface area contributed by atoms with Crippen LogP contribution in [0.2, 0.25) is 0 Å². The second kappa shape index (κ2) is 7.80. The number of hydrogen-bond donors (Lipinski definition) is 2. The average Bonchev–Trinajstić information content (AvgIpc) is 2.74. The van der Waals surface area contributed by atoms with Gasteiger partial charge in [0.25, 0.3) is 11.4 Å². The van der Waals surface area contributed by atoms with Crippen molar-refractivity contribution in [2.24, 2.45) is 0 Å². The number of nitro groups is 2. The van der Waals surface area contributed by atoms with Gasteiger partial charge in [0, 0.05) is 17.5 Å². The van der Waals surface area contributed by atoms with Crippen LogP contribution in [0.4, 0.5) is 34.5 Å². The van der Waals surface area contributed by atoms with E-state index in [-0.39, 0.29) is 28.7 Å². The molecule has 0 aliphatic rings. The van der Waals surface area contributed by atoms with Gasteiger partial charge in [0.05, 0.1) is 15.4 Å². The van der Waals surface area contributed by atoms with Gasteiger partial charge in [0.2, 0.25) is 5.95 Å². The second-order valence-corrected chi connectivity index (χ2v) is 6.21. The van der Waals surface area contributed by atoms with Gasteiger partial charge < -0.3 is 10.6 Å². The van der Waals surface area contributed by atoms with Crippen LogP contribution < -0.4 is 10.6 Å². The standard InChI is InChI=1S/C20H14N6O4/c27-25(28)17-11-5-3-9-15(17)21-19-13-7-1-2-8-14(13)22-20(24-19)23-16-10-4-6-12-18(16)26(29)30/h1-12H,(H2,21,22,23,24). The summed E-state index contributed by atoms with van der Waals surface area (Å²) < 4.78 is 0. The van der Waals surface area contributed by atoms with Gasteiger partial charge in [-0.3, -0.25) is 20.2 Å². The third-order valence-electron chi connectivity index (χ3n) is 4.30. The highest BCUT2D eigenvalue weighted by Crippen LogP contribution is 2.32. The summed E-state index contributed by atoms with van der Waals surface area (Å²) in [5.74, 6) is 0.445. The monoisotopic (exact) mass is 402 g/mol. The molecular weight excluding hydrogens is 388 g/mol. The molecule has 30 heavy (non-hydrogen) atoms. The zero-order valence-corrected chi connectivity index (χ0v) is 15.4. The van der Waals surface area contributed by atoms with Gasteiger partial charge in [-0.25, -0.2) is 4.98 Å². The Labute approximate surface area is 169 Å². The van der Waals surface area contributed by atoms with E-state index >= 15 is 0 Å². The predicted molar refractivity (Wildman–Crippen MR) is 112 cm³/mol. The third kappa shape index (κ3) is 3.69. The Bertz CT molecular complexity index is 1280. The van der Waals surface area contributed by atoms with Crippen LogP contribution in [-0.4, -0.2) is 19.8 Å². The van der Waals surface area contributed by atoms with Gasteiger partial charge in [-0.05, 0) is 24.3 Å². The molecule has 0 spiro atoms. The fraction of sp³-hybridized carbons (Fsp3) is 0. The Balaban J connectivity index is 1.80. The molecule has 148 valence electrons. The van der Waals surface area contributed by atoms with E-state index in [0.29, 0.717) is 16.7 Å². The minimum absolute atomic E-state index is 0.103. The largest absolute Gasteiger partial charge is 0.334 e. The maximum atomic E-state index is 11.3. The molecule has 10 nitrogen and oxygen atoms in total. The van der Waals surface area contributed by atoms with Crippen molar-refractivity contribution in [3.8, 4) is 0 Å². The van der Waals surface area contributed by atoms with Crippen LogP contribution in [0.15, 0.2) is 72.8 Å². The third-order valence-corrected chi connectivity index (χ3v) is 4.30.